The summed E-state index contributed by atoms with van der Waals surface area (Å²) in [6.45, 7) is 7.08. The van der Waals surface area contributed by atoms with E-state index >= 15 is 0 Å². The van der Waals surface area contributed by atoms with Gasteiger partial charge in [-0.15, -0.1) is 0 Å². The average Bonchev–Trinajstić information content (AvgIpc) is 2.63. The molecule has 0 radical (unpaired) electrons. The summed E-state index contributed by atoms with van der Waals surface area (Å²) in [4.78, 5) is 15.0. The molecule has 1 heterocycles. The van der Waals surface area contributed by atoms with Gasteiger partial charge in [-0.2, -0.15) is 0 Å². The van der Waals surface area contributed by atoms with E-state index < -0.39 is 5.41 Å². The SMILES string of the molecule is CC1CCCCCN1C(=O)C(C)(C)c1ccc(N)cc1. The van der Waals surface area contributed by atoms with Crippen LogP contribution in [0.3, 0.4) is 0 Å². The van der Waals surface area contributed by atoms with Crippen LogP contribution in [0.25, 0.3) is 0 Å². The molecule has 2 rings (SSSR count). The van der Waals surface area contributed by atoms with Crippen molar-refractivity contribution >= 4 is 11.6 Å². The minimum Gasteiger partial charge on any atom is -0.399 e. The number of hydrogen-bond acceptors (Lipinski definition) is 2. The molecule has 3 heteroatoms. The maximum Gasteiger partial charge on any atom is 0.232 e. The third-order valence-electron chi connectivity index (χ3n) is 4.48. The van der Waals surface area contributed by atoms with Crippen molar-refractivity contribution in [1.82, 2.24) is 4.90 Å². The van der Waals surface area contributed by atoms with Gasteiger partial charge in [0.05, 0.1) is 5.41 Å². The van der Waals surface area contributed by atoms with Crippen LogP contribution in [0.1, 0.15) is 52.0 Å². The normalized spacial score (nSPS) is 20.6. The van der Waals surface area contributed by atoms with Crippen LogP contribution in [-0.4, -0.2) is 23.4 Å². The average molecular weight is 274 g/mol. The minimum absolute atomic E-state index is 0.233. The van der Waals surface area contributed by atoms with E-state index in [1.807, 2.05) is 38.1 Å². The Balaban J connectivity index is 2.23. The Morgan fingerprint density at radius 1 is 1.20 bits per heavy atom. The molecular formula is C17H26N2O. The monoisotopic (exact) mass is 274 g/mol. The van der Waals surface area contributed by atoms with Gasteiger partial charge in [-0.05, 0) is 51.3 Å². The number of amides is 1. The smallest absolute Gasteiger partial charge is 0.232 e. The Hall–Kier alpha value is -1.51. The highest BCUT2D eigenvalue weighted by Gasteiger charge is 2.35. The molecule has 1 saturated heterocycles. The number of nitrogen functional groups attached to an aromatic ring is 1. The Kier molecular flexibility index (Phi) is 4.36. The highest BCUT2D eigenvalue weighted by Crippen LogP contribution is 2.29. The highest BCUT2D eigenvalue weighted by molar-refractivity contribution is 5.87. The molecule has 1 amide bonds. The summed E-state index contributed by atoms with van der Waals surface area (Å²) in [7, 11) is 0. The van der Waals surface area contributed by atoms with E-state index in [4.69, 9.17) is 5.73 Å². The van der Waals surface area contributed by atoms with Crippen molar-refractivity contribution in [2.24, 2.45) is 0 Å². The van der Waals surface area contributed by atoms with E-state index in [9.17, 15) is 4.79 Å². The number of likely N-dealkylation sites (tertiary alicyclic amines) is 1. The van der Waals surface area contributed by atoms with Crippen LogP contribution in [0.4, 0.5) is 5.69 Å². The van der Waals surface area contributed by atoms with E-state index in [1.54, 1.807) is 0 Å². The Morgan fingerprint density at radius 2 is 1.85 bits per heavy atom. The van der Waals surface area contributed by atoms with Gasteiger partial charge in [0.25, 0.3) is 0 Å². The van der Waals surface area contributed by atoms with Gasteiger partial charge < -0.3 is 10.6 Å². The van der Waals surface area contributed by atoms with E-state index in [0.717, 1.165) is 30.6 Å². The van der Waals surface area contributed by atoms with Crippen molar-refractivity contribution in [1.29, 1.82) is 0 Å². The maximum absolute atomic E-state index is 13.0. The summed E-state index contributed by atoms with van der Waals surface area (Å²) in [6.07, 6.45) is 4.70. The number of benzene rings is 1. The number of nitrogens with two attached hydrogens (primary N) is 1. The van der Waals surface area contributed by atoms with Crippen LogP contribution >= 0.6 is 0 Å². The quantitative estimate of drug-likeness (QED) is 0.841. The molecule has 110 valence electrons. The van der Waals surface area contributed by atoms with Crippen molar-refractivity contribution in [2.45, 2.75) is 57.9 Å². The second-order valence-corrected chi connectivity index (χ2v) is 6.44. The van der Waals surface area contributed by atoms with Crippen LogP contribution in [0, 0.1) is 0 Å². The van der Waals surface area contributed by atoms with Gasteiger partial charge in [-0.3, -0.25) is 4.79 Å². The third kappa shape index (κ3) is 2.97. The fraction of sp³-hybridized carbons (Fsp3) is 0.588. The van der Waals surface area contributed by atoms with Crippen molar-refractivity contribution in [3.63, 3.8) is 0 Å². The first-order valence-corrected chi connectivity index (χ1v) is 7.60. The van der Waals surface area contributed by atoms with Gasteiger partial charge >= 0.3 is 0 Å². The maximum atomic E-state index is 13.0. The van der Waals surface area contributed by atoms with Crippen molar-refractivity contribution < 1.29 is 4.79 Å². The Labute approximate surface area is 122 Å². The molecule has 0 aromatic heterocycles. The molecule has 1 aromatic carbocycles. The lowest BCUT2D eigenvalue weighted by molar-refractivity contribution is -0.138. The van der Waals surface area contributed by atoms with Gasteiger partial charge in [0.2, 0.25) is 5.91 Å². The predicted octanol–water partition coefficient (Wildman–Crippen LogP) is 3.34. The molecule has 20 heavy (non-hydrogen) atoms. The second-order valence-electron chi connectivity index (χ2n) is 6.44. The van der Waals surface area contributed by atoms with E-state index in [1.165, 1.54) is 12.8 Å². The second kappa shape index (κ2) is 5.86. The highest BCUT2D eigenvalue weighted by atomic mass is 16.2. The zero-order valence-electron chi connectivity index (χ0n) is 12.9. The predicted molar refractivity (Wildman–Crippen MR) is 83.5 cm³/mol. The molecule has 1 aromatic rings. The molecule has 3 nitrogen and oxygen atoms in total. The number of anilines is 1. The van der Waals surface area contributed by atoms with E-state index in [2.05, 4.69) is 11.8 Å². The Bertz CT molecular complexity index is 464. The lowest BCUT2D eigenvalue weighted by Crippen LogP contribution is -2.47. The summed E-state index contributed by atoms with van der Waals surface area (Å²) < 4.78 is 0. The summed E-state index contributed by atoms with van der Waals surface area (Å²) in [6, 6.07) is 8.02. The molecule has 0 aliphatic carbocycles. The standard InChI is InChI=1S/C17H26N2O/c1-13-7-5-4-6-12-19(13)16(20)17(2,3)14-8-10-15(18)11-9-14/h8-11,13H,4-7,12,18H2,1-3H3. The van der Waals surface area contributed by atoms with Crippen molar-refractivity contribution in [3.05, 3.63) is 29.8 Å². The topological polar surface area (TPSA) is 46.3 Å². The molecule has 1 fully saturated rings. The zero-order chi connectivity index (χ0) is 14.8. The van der Waals surface area contributed by atoms with Gasteiger partial charge in [-0.1, -0.05) is 25.0 Å². The van der Waals surface area contributed by atoms with Crippen LogP contribution in [0.5, 0.6) is 0 Å². The molecular weight excluding hydrogens is 248 g/mol. The summed E-state index contributed by atoms with van der Waals surface area (Å²) >= 11 is 0. The molecule has 0 bridgehead atoms. The van der Waals surface area contributed by atoms with Gasteiger partial charge in [0, 0.05) is 18.3 Å². The lowest BCUT2D eigenvalue weighted by atomic mass is 9.82. The van der Waals surface area contributed by atoms with E-state index in [0.29, 0.717) is 6.04 Å². The molecule has 0 saturated carbocycles. The van der Waals surface area contributed by atoms with Crippen LogP contribution in [-0.2, 0) is 10.2 Å². The van der Waals surface area contributed by atoms with Crippen molar-refractivity contribution in [3.8, 4) is 0 Å². The fourth-order valence-corrected chi connectivity index (χ4v) is 2.96. The number of carbonyl (C=O) groups is 1. The molecule has 1 unspecified atom stereocenters. The molecule has 1 aliphatic rings. The zero-order valence-corrected chi connectivity index (χ0v) is 12.9. The molecule has 2 N–H and O–H groups in total. The van der Waals surface area contributed by atoms with E-state index in [-0.39, 0.29) is 5.91 Å². The van der Waals surface area contributed by atoms with Crippen LogP contribution in [0.2, 0.25) is 0 Å². The molecule has 1 atom stereocenters. The number of hydrogen-bond donors (Lipinski definition) is 1. The first kappa shape index (κ1) is 14.9. The minimum atomic E-state index is -0.494. The molecule has 0 spiro atoms. The third-order valence-corrected chi connectivity index (χ3v) is 4.48. The Morgan fingerprint density at radius 3 is 2.50 bits per heavy atom. The van der Waals surface area contributed by atoms with Gasteiger partial charge in [0.15, 0.2) is 0 Å². The van der Waals surface area contributed by atoms with Gasteiger partial charge in [-0.25, -0.2) is 0 Å². The first-order valence-electron chi connectivity index (χ1n) is 7.60. The number of carbonyl (C=O) groups excluding carboxylic acids is 1. The van der Waals surface area contributed by atoms with Crippen molar-refractivity contribution in [2.75, 3.05) is 12.3 Å². The molecule has 1 aliphatic heterocycles. The van der Waals surface area contributed by atoms with Crippen LogP contribution < -0.4 is 5.73 Å². The van der Waals surface area contributed by atoms with Gasteiger partial charge in [0.1, 0.15) is 0 Å². The summed E-state index contributed by atoms with van der Waals surface area (Å²) in [5.41, 5.74) is 7.01. The first-order chi connectivity index (χ1) is 9.43. The fourth-order valence-electron chi connectivity index (χ4n) is 2.96. The summed E-state index contributed by atoms with van der Waals surface area (Å²) in [5, 5.41) is 0. The largest absolute Gasteiger partial charge is 0.399 e. The number of rotatable bonds is 2. The summed E-state index contributed by atoms with van der Waals surface area (Å²) in [5.74, 6) is 0.233. The van der Waals surface area contributed by atoms with Crippen LogP contribution in [0.15, 0.2) is 24.3 Å². The lowest BCUT2D eigenvalue weighted by Gasteiger charge is -2.35. The number of nitrogens with zero attached hydrogens (tertiary/aromatic N) is 1.